The molecule has 0 aliphatic carbocycles. The third kappa shape index (κ3) is 2.85. The number of nitrogens with zero attached hydrogens (tertiary/aromatic N) is 2. The lowest BCUT2D eigenvalue weighted by Gasteiger charge is -2.29. The van der Waals surface area contributed by atoms with Crippen LogP contribution in [0.5, 0.6) is 0 Å². The van der Waals surface area contributed by atoms with Gasteiger partial charge in [0.1, 0.15) is 5.84 Å². The van der Waals surface area contributed by atoms with E-state index in [1.165, 1.54) is 11.1 Å². The van der Waals surface area contributed by atoms with Gasteiger partial charge in [0.25, 0.3) is 5.91 Å². The number of carbonyl (C=O) groups is 2. The molecular weight excluding hydrogens is 256 g/mol. The Bertz CT molecular complexity index is 578. The zero-order valence-corrected chi connectivity index (χ0v) is 11.4. The Kier molecular flexibility index (Phi) is 3.84. The maximum Gasteiger partial charge on any atom is 0.330 e. The van der Waals surface area contributed by atoms with Gasteiger partial charge in [-0.3, -0.25) is 20.4 Å². The minimum absolute atomic E-state index is 0.0868. The molecule has 1 aromatic carbocycles. The van der Waals surface area contributed by atoms with Crippen molar-refractivity contribution in [2.45, 2.75) is 6.54 Å². The van der Waals surface area contributed by atoms with Crippen LogP contribution < -0.4 is 5.32 Å². The molecule has 0 saturated carbocycles. The molecule has 0 spiro atoms. The lowest BCUT2D eigenvalue weighted by atomic mass is 10.1. The van der Waals surface area contributed by atoms with Gasteiger partial charge >= 0.3 is 6.03 Å². The Hall–Kier alpha value is -2.63. The highest BCUT2D eigenvalue weighted by atomic mass is 16.2. The van der Waals surface area contributed by atoms with Crippen molar-refractivity contribution in [3.05, 3.63) is 47.7 Å². The molecule has 2 N–H and O–H groups in total. The Balaban J connectivity index is 2.26. The number of imide groups is 1. The standard InChI is InChI=1S/C14H16N4O2/c1-17(2)9-11-12(15)18(14(20)16-13(11)19)8-10-6-4-3-5-7-10/h3-7,9,15H,8H2,1-2H3,(H,16,19,20)/b11-9+,15-12?. The summed E-state index contributed by atoms with van der Waals surface area (Å²) < 4.78 is 0. The second-order valence-corrected chi connectivity index (χ2v) is 4.69. The lowest BCUT2D eigenvalue weighted by Crippen LogP contribution is -2.53. The summed E-state index contributed by atoms with van der Waals surface area (Å²) in [6.07, 6.45) is 1.53. The third-order valence-corrected chi connectivity index (χ3v) is 2.81. The Morgan fingerprint density at radius 2 is 1.90 bits per heavy atom. The maximum absolute atomic E-state index is 11.9. The van der Waals surface area contributed by atoms with Crippen LogP contribution >= 0.6 is 0 Å². The van der Waals surface area contributed by atoms with E-state index in [0.29, 0.717) is 0 Å². The molecule has 2 rings (SSSR count). The van der Waals surface area contributed by atoms with Crippen molar-refractivity contribution in [1.29, 1.82) is 5.41 Å². The molecular formula is C14H16N4O2. The highest BCUT2D eigenvalue weighted by molar-refractivity contribution is 6.29. The van der Waals surface area contributed by atoms with Gasteiger partial charge in [-0.1, -0.05) is 30.3 Å². The van der Waals surface area contributed by atoms with Crippen LogP contribution in [0.3, 0.4) is 0 Å². The fourth-order valence-corrected chi connectivity index (χ4v) is 1.88. The molecule has 1 saturated heterocycles. The minimum Gasteiger partial charge on any atom is -0.383 e. The second-order valence-electron chi connectivity index (χ2n) is 4.69. The van der Waals surface area contributed by atoms with Crippen molar-refractivity contribution in [2.24, 2.45) is 0 Å². The first-order valence-corrected chi connectivity index (χ1v) is 6.13. The fraction of sp³-hybridized carbons (Fsp3) is 0.214. The number of nitrogens with one attached hydrogen (secondary N) is 2. The van der Waals surface area contributed by atoms with Crippen LogP contribution in [0.15, 0.2) is 42.1 Å². The average molecular weight is 272 g/mol. The van der Waals surface area contributed by atoms with Crippen LogP contribution in [-0.4, -0.2) is 41.7 Å². The molecule has 6 heteroatoms. The van der Waals surface area contributed by atoms with Crippen molar-refractivity contribution in [3.8, 4) is 0 Å². The number of carbonyl (C=O) groups excluding carboxylic acids is 2. The summed E-state index contributed by atoms with van der Waals surface area (Å²) in [7, 11) is 3.51. The SMILES string of the molecule is CN(C)/C=C1\C(=N)N(Cc2ccccc2)C(=O)NC1=O. The molecule has 1 heterocycles. The molecule has 6 nitrogen and oxygen atoms in total. The van der Waals surface area contributed by atoms with E-state index in [2.05, 4.69) is 5.32 Å². The Morgan fingerprint density at radius 3 is 2.50 bits per heavy atom. The fourth-order valence-electron chi connectivity index (χ4n) is 1.88. The summed E-state index contributed by atoms with van der Waals surface area (Å²) in [5.74, 6) is -0.630. The zero-order chi connectivity index (χ0) is 14.7. The van der Waals surface area contributed by atoms with E-state index in [9.17, 15) is 9.59 Å². The molecule has 3 amide bonds. The van der Waals surface area contributed by atoms with E-state index in [-0.39, 0.29) is 18.0 Å². The number of amidine groups is 1. The molecule has 1 aliphatic heterocycles. The van der Waals surface area contributed by atoms with Gasteiger partial charge in [-0.2, -0.15) is 0 Å². The molecule has 20 heavy (non-hydrogen) atoms. The van der Waals surface area contributed by atoms with Gasteiger partial charge < -0.3 is 4.90 Å². The first-order valence-electron chi connectivity index (χ1n) is 6.13. The van der Waals surface area contributed by atoms with Crippen LogP contribution in [-0.2, 0) is 11.3 Å². The summed E-state index contributed by atoms with van der Waals surface area (Å²) in [5, 5.41) is 10.3. The topological polar surface area (TPSA) is 76.5 Å². The van der Waals surface area contributed by atoms with E-state index in [0.717, 1.165) is 5.56 Å². The maximum atomic E-state index is 11.9. The summed E-state index contributed by atoms with van der Waals surface area (Å²) >= 11 is 0. The first kappa shape index (κ1) is 13.8. The molecule has 104 valence electrons. The Labute approximate surface area is 117 Å². The molecule has 1 fully saturated rings. The van der Waals surface area contributed by atoms with E-state index in [4.69, 9.17) is 5.41 Å². The van der Waals surface area contributed by atoms with Gasteiger partial charge in [0.05, 0.1) is 12.1 Å². The van der Waals surface area contributed by atoms with Gasteiger partial charge in [0, 0.05) is 20.3 Å². The number of benzene rings is 1. The summed E-state index contributed by atoms with van der Waals surface area (Å²) in [5.41, 5.74) is 1.07. The van der Waals surface area contributed by atoms with E-state index in [1.54, 1.807) is 19.0 Å². The van der Waals surface area contributed by atoms with Gasteiger partial charge in [0.2, 0.25) is 0 Å². The Morgan fingerprint density at radius 1 is 1.25 bits per heavy atom. The highest BCUT2D eigenvalue weighted by Gasteiger charge is 2.32. The van der Waals surface area contributed by atoms with Gasteiger partial charge in [0.15, 0.2) is 0 Å². The van der Waals surface area contributed by atoms with Crippen molar-refractivity contribution in [1.82, 2.24) is 15.1 Å². The van der Waals surface area contributed by atoms with Gasteiger partial charge in [-0.15, -0.1) is 0 Å². The normalized spacial score (nSPS) is 17.4. The molecule has 1 aliphatic rings. The second kappa shape index (κ2) is 5.56. The molecule has 0 atom stereocenters. The molecule has 0 aromatic heterocycles. The number of rotatable bonds is 3. The van der Waals surface area contributed by atoms with Crippen molar-refractivity contribution in [2.75, 3.05) is 14.1 Å². The van der Waals surface area contributed by atoms with E-state index < -0.39 is 11.9 Å². The zero-order valence-electron chi connectivity index (χ0n) is 11.4. The lowest BCUT2D eigenvalue weighted by molar-refractivity contribution is -0.116. The van der Waals surface area contributed by atoms with Crippen LogP contribution in [0, 0.1) is 5.41 Å². The van der Waals surface area contributed by atoms with Crippen LogP contribution in [0.1, 0.15) is 5.56 Å². The van der Waals surface area contributed by atoms with Crippen molar-refractivity contribution < 1.29 is 9.59 Å². The van der Waals surface area contributed by atoms with Gasteiger partial charge in [-0.05, 0) is 5.56 Å². The average Bonchev–Trinajstić information content (AvgIpc) is 2.40. The highest BCUT2D eigenvalue weighted by Crippen LogP contribution is 2.14. The number of urea groups is 1. The van der Waals surface area contributed by atoms with Crippen LogP contribution in [0.25, 0.3) is 0 Å². The van der Waals surface area contributed by atoms with E-state index >= 15 is 0 Å². The molecule has 0 unspecified atom stereocenters. The summed E-state index contributed by atoms with van der Waals surface area (Å²) in [6.45, 7) is 0.254. The van der Waals surface area contributed by atoms with Crippen LogP contribution in [0.4, 0.5) is 4.79 Å². The number of hydrogen-bond acceptors (Lipinski definition) is 4. The smallest absolute Gasteiger partial charge is 0.330 e. The van der Waals surface area contributed by atoms with Gasteiger partial charge in [-0.25, -0.2) is 4.79 Å². The predicted octanol–water partition coefficient (Wildman–Crippen LogP) is 1.16. The quantitative estimate of drug-likeness (QED) is 0.811. The summed E-state index contributed by atoms with van der Waals surface area (Å²) in [4.78, 5) is 26.5. The number of hydrogen-bond donors (Lipinski definition) is 2. The molecule has 1 aromatic rings. The van der Waals surface area contributed by atoms with E-state index in [1.807, 2.05) is 30.3 Å². The predicted molar refractivity (Wildman–Crippen MR) is 75.0 cm³/mol. The number of amides is 3. The molecule has 0 radical (unpaired) electrons. The largest absolute Gasteiger partial charge is 0.383 e. The first-order chi connectivity index (χ1) is 9.49. The monoisotopic (exact) mass is 272 g/mol. The third-order valence-electron chi connectivity index (χ3n) is 2.81. The van der Waals surface area contributed by atoms with Crippen molar-refractivity contribution in [3.63, 3.8) is 0 Å². The minimum atomic E-state index is -0.570. The van der Waals surface area contributed by atoms with Crippen LogP contribution in [0.2, 0.25) is 0 Å². The molecule has 0 bridgehead atoms. The van der Waals surface area contributed by atoms with Crippen molar-refractivity contribution >= 4 is 17.8 Å². The summed E-state index contributed by atoms with van der Waals surface area (Å²) in [6, 6.07) is 8.77.